The van der Waals surface area contributed by atoms with Crippen LogP contribution in [-0.4, -0.2) is 56.6 Å². The number of nitrogens with one attached hydrogen (secondary N) is 1. The van der Waals surface area contributed by atoms with Crippen LogP contribution in [0.2, 0.25) is 5.02 Å². The number of carbonyl (C=O) groups is 2. The molecule has 0 aliphatic carbocycles. The minimum Gasteiger partial charge on any atom is -0.352 e. The second-order valence-electron chi connectivity index (χ2n) is 8.98. The number of halogens is 1. The average Bonchev–Trinajstić information content (AvgIpc) is 2.84. The third kappa shape index (κ3) is 9.13. The lowest BCUT2D eigenvalue weighted by atomic mass is 10.1. The predicted octanol–water partition coefficient (Wildman–Crippen LogP) is 4.65. The van der Waals surface area contributed by atoms with Crippen LogP contribution in [0.4, 0.5) is 5.69 Å². The Balaban J connectivity index is 2.15. The van der Waals surface area contributed by atoms with Crippen LogP contribution in [0.5, 0.6) is 0 Å². The molecule has 0 heterocycles. The molecule has 0 fully saturated rings. The monoisotopic (exact) mass is 535 g/mol. The van der Waals surface area contributed by atoms with Gasteiger partial charge in [-0.3, -0.25) is 13.9 Å². The van der Waals surface area contributed by atoms with Gasteiger partial charge in [-0.15, -0.1) is 0 Å². The first kappa shape index (κ1) is 29.6. The molecule has 0 unspecified atom stereocenters. The molecule has 0 aliphatic heterocycles. The summed E-state index contributed by atoms with van der Waals surface area (Å²) in [5.74, 6) is -0.325. The van der Waals surface area contributed by atoms with E-state index in [1.807, 2.05) is 51.1 Å². The highest BCUT2D eigenvalue weighted by Gasteiger charge is 2.29. The minimum absolute atomic E-state index is 0.0142. The van der Waals surface area contributed by atoms with Crippen LogP contribution in [0.25, 0.3) is 0 Å². The van der Waals surface area contributed by atoms with Crippen LogP contribution in [0.15, 0.2) is 54.6 Å². The topological polar surface area (TPSA) is 86.8 Å². The van der Waals surface area contributed by atoms with Crippen molar-refractivity contribution in [2.75, 3.05) is 23.7 Å². The van der Waals surface area contributed by atoms with Gasteiger partial charge < -0.3 is 10.2 Å². The van der Waals surface area contributed by atoms with E-state index in [4.69, 9.17) is 11.6 Å². The first-order valence-electron chi connectivity index (χ1n) is 12.4. The zero-order valence-electron chi connectivity index (χ0n) is 21.6. The van der Waals surface area contributed by atoms with Crippen molar-refractivity contribution in [2.24, 2.45) is 0 Å². The van der Waals surface area contributed by atoms with Gasteiger partial charge >= 0.3 is 0 Å². The number of hydrogen-bond acceptors (Lipinski definition) is 4. The van der Waals surface area contributed by atoms with Crippen LogP contribution in [0, 0.1) is 0 Å². The smallest absolute Gasteiger partial charge is 0.243 e. The largest absolute Gasteiger partial charge is 0.352 e. The number of carbonyl (C=O) groups excluding carboxylic acids is 2. The Hall–Kier alpha value is -2.58. The van der Waals surface area contributed by atoms with Crippen molar-refractivity contribution in [1.82, 2.24) is 10.2 Å². The molecule has 2 amide bonds. The molecule has 0 aliphatic rings. The van der Waals surface area contributed by atoms with Gasteiger partial charge in [0.15, 0.2) is 0 Å². The van der Waals surface area contributed by atoms with Crippen molar-refractivity contribution in [3.8, 4) is 0 Å². The van der Waals surface area contributed by atoms with Crippen molar-refractivity contribution in [3.05, 3.63) is 65.2 Å². The van der Waals surface area contributed by atoms with E-state index in [1.54, 1.807) is 29.2 Å². The summed E-state index contributed by atoms with van der Waals surface area (Å²) in [4.78, 5) is 28.1. The van der Waals surface area contributed by atoms with Gasteiger partial charge in [-0.05, 0) is 62.4 Å². The molecule has 2 aromatic rings. The van der Waals surface area contributed by atoms with Crippen LogP contribution < -0.4 is 9.62 Å². The Morgan fingerprint density at radius 2 is 1.61 bits per heavy atom. The number of nitrogens with zero attached hydrogens (tertiary/aromatic N) is 2. The lowest BCUT2D eigenvalue weighted by Crippen LogP contribution is -2.51. The molecular formula is C27H38ClN3O4S. The second kappa shape index (κ2) is 14.2. The standard InChI is InChI=1S/C27H38ClN3O4S/c1-5-21(3)29-27(33)25(6-2)30(20-18-22-11-8-7-9-12-22)26(32)13-10-19-31(36(4,34)35)24-16-14-23(28)15-17-24/h7-9,11-12,14-17,21,25H,5-6,10,13,18-20H2,1-4H3,(H,29,33)/t21-,25+/m1/s1. The van der Waals surface area contributed by atoms with E-state index >= 15 is 0 Å². The molecule has 0 saturated carbocycles. The number of benzene rings is 2. The first-order valence-corrected chi connectivity index (χ1v) is 14.7. The molecule has 0 aromatic heterocycles. The Morgan fingerprint density at radius 1 is 0.972 bits per heavy atom. The summed E-state index contributed by atoms with van der Waals surface area (Å²) in [6.45, 7) is 6.39. The first-order chi connectivity index (χ1) is 17.1. The van der Waals surface area contributed by atoms with Crippen molar-refractivity contribution in [3.63, 3.8) is 0 Å². The van der Waals surface area contributed by atoms with Gasteiger partial charge in [0, 0.05) is 30.6 Å². The molecule has 36 heavy (non-hydrogen) atoms. The van der Waals surface area contributed by atoms with Gasteiger partial charge in [-0.2, -0.15) is 0 Å². The molecule has 9 heteroatoms. The van der Waals surface area contributed by atoms with Crippen molar-refractivity contribution >= 4 is 39.1 Å². The molecule has 0 radical (unpaired) electrons. The molecule has 0 spiro atoms. The van der Waals surface area contributed by atoms with Gasteiger partial charge in [0.05, 0.1) is 11.9 Å². The van der Waals surface area contributed by atoms with Crippen LogP contribution >= 0.6 is 11.6 Å². The highest BCUT2D eigenvalue weighted by Crippen LogP contribution is 2.21. The number of sulfonamides is 1. The maximum atomic E-state index is 13.4. The Labute approximate surface area is 220 Å². The fourth-order valence-electron chi connectivity index (χ4n) is 3.95. The summed E-state index contributed by atoms with van der Waals surface area (Å²) in [6.07, 6.45) is 3.50. The lowest BCUT2D eigenvalue weighted by molar-refractivity contribution is -0.141. The number of anilines is 1. The summed E-state index contributed by atoms with van der Waals surface area (Å²) in [5.41, 5.74) is 1.58. The average molecular weight is 536 g/mol. The van der Waals surface area contributed by atoms with E-state index in [0.717, 1.165) is 18.2 Å². The lowest BCUT2D eigenvalue weighted by Gasteiger charge is -2.32. The zero-order chi connectivity index (χ0) is 26.7. The number of hydrogen-bond donors (Lipinski definition) is 1. The molecule has 1 N–H and O–H groups in total. The molecule has 0 bridgehead atoms. The third-order valence-electron chi connectivity index (χ3n) is 6.14. The van der Waals surface area contributed by atoms with Crippen molar-refractivity contribution in [1.29, 1.82) is 0 Å². The van der Waals surface area contributed by atoms with Crippen LogP contribution in [0.3, 0.4) is 0 Å². The van der Waals surface area contributed by atoms with E-state index in [2.05, 4.69) is 5.32 Å². The maximum Gasteiger partial charge on any atom is 0.243 e. The normalized spacial score (nSPS) is 13.0. The summed E-state index contributed by atoms with van der Waals surface area (Å²) in [6, 6.07) is 15.8. The molecular weight excluding hydrogens is 498 g/mol. The van der Waals surface area contributed by atoms with Crippen LogP contribution in [-0.2, 0) is 26.0 Å². The Bertz CT molecular complexity index is 1080. The molecule has 2 atom stereocenters. The zero-order valence-corrected chi connectivity index (χ0v) is 23.2. The van der Waals surface area contributed by atoms with E-state index in [-0.39, 0.29) is 30.8 Å². The highest BCUT2D eigenvalue weighted by molar-refractivity contribution is 7.92. The Kier molecular flexibility index (Phi) is 11.7. The predicted molar refractivity (Wildman–Crippen MR) is 147 cm³/mol. The maximum absolute atomic E-state index is 13.4. The fraction of sp³-hybridized carbons (Fsp3) is 0.481. The third-order valence-corrected chi connectivity index (χ3v) is 7.58. The second-order valence-corrected chi connectivity index (χ2v) is 11.3. The van der Waals surface area contributed by atoms with Gasteiger partial charge in [0.25, 0.3) is 0 Å². The highest BCUT2D eigenvalue weighted by atomic mass is 35.5. The molecule has 2 aromatic carbocycles. The number of rotatable bonds is 14. The molecule has 198 valence electrons. The van der Waals surface area contributed by atoms with E-state index in [0.29, 0.717) is 36.5 Å². The van der Waals surface area contributed by atoms with E-state index in [1.165, 1.54) is 4.31 Å². The van der Waals surface area contributed by atoms with Crippen molar-refractivity contribution in [2.45, 2.75) is 65.0 Å². The summed E-state index contributed by atoms with van der Waals surface area (Å²) in [5, 5.41) is 3.51. The number of amides is 2. The SMILES string of the molecule is CC[C@@H](C)NC(=O)[C@H](CC)N(CCc1ccccc1)C(=O)CCCN(c1ccc(Cl)cc1)S(C)(=O)=O. The van der Waals surface area contributed by atoms with Gasteiger partial charge in [-0.1, -0.05) is 55.8 Å². The van der Waals surface area contributed by atoms with Crippen LogP contribution in [0.1, 0.15) is 52.0 Å². The quantitative estimate of drug-likeness (QED) is 0.381. The van der Waals surface area contributed by atoms with Crippen molar-refractivity contribution < 1.29 is 18.0 Å². The Morgan fingerprint density at radius 3 is 2.17 bits per heavy atom. The minimum atomic E-state index is -3.54. The fourth-order valence-corrected chi connectivity index (χ4v) is 5.04. The molecule has 7 nitrogen and oxygen atoms in total. The summed E-state index contributed by atoms with van der Waals surface area (Å²) in [7, 11) is -3.54. The summed E-state index contributed by atoms with van der Waals surface area (Å²) < 4.78 is 26.1. The molecule has 2 rings (SSSR count). The van der Waals surface area contributed by atoms with Gasteiger partial charge in [0.2, 0.25) is 21.8 Å². The molecule has 0 saturated heterocycles. The van der Waals surface area contributed by atoms with E-state index < -0.39 is 16.1 Å². The van der Waals surface area contributed by atoms with Gasteiger partial charge in [-0.25, -0.2) is 8.42 Å². The summed E-state index contributed by atoms with van der Waals surface area (Å²) >= 11 is 5.94. The van der Waals surface area contributed by atoms with Gasteiger partial charge in [0.1, 0.15) is 6.04 Å². The van der Waals surface area contributed by atoms with E-state index in [9.17, 15) is 18.0 Å².